The van der Waals surface area contributed by atoms with Gasteiger partial charge in [0.25, 0.3) is 0 Å². The molecular weight excluding hydrogens is 169 g/mol. The molecule has 0 aliphatic rings. The molecule has 0 nitrogen and oxygen atoms in total. The van der Waals surface area contributed by atoms with Crippen LogP contribution in [0.2, 0.25) is 0 Å². The van der Waals surface area contributed by atoms with Crippen molar-refractivity contribution in [3.63, 3.8) is 0 Å². The van der Waals surface area contributed by atoms with E-state index in [0.717, 1.165) is 12.0 Å². The molecule has 0 spiro atoms. The highest BCUT2D eigenvalue weighted by Crippen LogP contribution is 2.24. The molecule has 0 saturated heterocycles. The number of halogens is 2. The minimum absolute atomic E-state index is 0.0887. The van der Waals surface area contributed by atoms with Crippen LogP contribution in [0.15, 0.2) is 18.2 Å². The molecule has 0 amide bonds. The largest absolute Gasteiger partial charge is 0.204 e. The zero-order valence-electron chi connectivity index (χ0n) is 8.20. The number of rotatable bonds is 2. The van der Waals surface area contributed by atoms with Gasteiger partial charge in [0, 0.05) is 0 Å². The van der Waals surface area contributed by atoms with Gasteiger partial charge in [0.15, 0.2) is 11.6 Å². The first-order valence-corrected chi connectivity index (χ1v) is 4.43. The number of hydrogen-bond donors (Lipinski definition) is 0. The average Bonchev–Trinajstić information content (AvgIpc) is 2.09. The molecule has 1 aromatic rings. The lowest BCUT2D eigenvalue weighted by Gasteiger charge is -2.23. The first-order valence-electron chi connectivity index (χ1n) is 4.43. The predicted molar refractivity (Wildman–Crippen MR) is 52.5 cm³/mol. The highest BCUT2D eigenvalue weighted by molar-refractivity contribution is 6.15. The van der Waals surface area contributed by atoms with Crippen LogP contribution in [0.5, 0.6) is 0 Å². The van der Waals surface area contributed by atoms with Crippen molar-refractivity contribution in [2.45, 2.75) is 25.6 Å². The van der Waals surface area contributed by atoms with Crippen LogP contribution in [0.1, 0.15) is 25.8 Å². The summed E-state index contributed by atoms with van der Waals surface area (Å²) in [5.74, 6) is -1.55. The Morgan fingerprint density at radius 2 is 1.92 bits per heavy atom. The SMILES string of the molecule is BC(C)(CC)c1ccc(F)c(F)c1. The van der Waals surface area contributed by atoms with E-state index in [2.05, 4.69) is 0 Å². The van der Waals surface area contributed by atoms with Crippen LogP contribution >= 0.6 is 0 Å². The van der Waals surface area contributed by atoms with Crippen molar-refractivity contribution in [2.75, 3.05) is 0 Å². The van der Waals surface area contributed by atoms with Crippen molar-refractivity contribution >= 4 is 7.85 Å². The smallest absolute Gasteiger partial charge is 0.159 e. The Morgan fingerprint density at radius 3 is 2.38 bits per heavy atom. The maximum Gasteiger partial charge on any atom is 0.159 e. The van der Waals surface area contributed by atoms with Crippen molar-refractivity contribution in [2.24, 2.45) is 0 Å². The third kappa shape index (κ3) is 2.08. The fourth-order valence-electron chi connectivity index (χ4n) is 1.12. The summed E-state index contributed by atoms with van der Waals surface area (Å²) in [6.45, 7) is 4.04. The summed E-state index contributed by atoms with van der Waals surface area (Å²) >= 11 is 0. The Labute approximate surface area is 78.4 Å². The van der Waals surface area contributed by atoms with E-state index in [1.807, 2.05) is 21.7 Å². The fourth-order valence-corrected chi connectivity index (χ4v) is 1.12. The lowest BCUT2D eigenvalue weighted by atomic mass is 9.64. The van der Waals surface area contributed by atoms with E-state index in [0.29, 0.717) is 0 Å². The van der Waals surface area contributed by atoms with Crippen molar-refractivity contribution in [1.29, 1.82) is 0 Å². The highest BCUT2D eigenvalue weighted by atomic mass is 19.2. The topological polar surface area (TPSA) is 0 Å². The van der Waals surface area contributed by atoms with Gasteiger partial charge in [-0.05, 0) is 23.0 Å². The van der Waals surface area contributed by atoms with Gasteiger partial charge in [0.2, 0.25) is 0 Å². The van der Waals surface area contributed by atoms with Crippen molar-refractivity contribution in [3.05, 3.63) is 35.4 Å². The summed E-state index contributed by atoms with van der Waals surface area (Å²) in [6, 6.07) is 4.10. The normalized spacial score (nSPS) is 15.4. The third-order valence-electron chi connectivity index (χ3n) is 2.58. The van der Waals surface area contributed by atoms with Crippen molar-refractivity contribution < 1.29 is 8.78 Å². The molecule has 1 atom stereocenters. The summed E-state index contributed by atoms with van der Waals surface area (Å²) in [7, 11) is 2.01. The predicted octanol–water partition coefficient (Wildman–Crippen LogP) is 2.22. The van der Waals surface area contributed by atoms with Gasteiger partial charge in [0.1, 0.15) is 7.85 Å². The first kappa shape index (κ1) is 10.2. The maximum absolute atomic E-state index is 12.9. The van der Waals surface area contributed by atoms with Gasteiger partial charge in [-0.25, -0.2) is 8.78 Å². The van der Waals surface area contributed by atoms with Crippen LogP contribution in [0.4, 0.5) is 8.78 Å². The van der Waals surface area contributed by atoms with E-state index < -0.39 is 11.6 Å². The van der Waals surface area contributed by atoms with Gasteiger partial charge in [-0.3, -0.25) is 0 Å². The highest BCUT2D eigenvalue weighted by Gasteiger charge is 2.19. The quantitative estimate of drug-likeness (QED) is 0.615. The summed E-state index contributed by atoms with van der Waals surface area (Å²) in [6.07, 6.45) is 0.901. The summed E-state index contributed by atoms with van der Waals surface area (Å²) in [4.78, 5) is 0. The molecule has 0 fully saturated rings. The monoisotopic (exact) mass is 182 g/mol. The number of hydrogen-bond acceptors (Lipinski definition) is 0. The Bertz CT molecular complexity index is 308. The molecular formula is C10H13BF2. The Morgan fingerprint density at radius 1 is 1.31 bits per heavy atom. The van der Waals surface area contributed by atoms with Gasteiger partial charge in [-0.15, -0.1) is 0 Å². The molecule has 1 unspecified atom stereocenters. The third-order valence-corrected chi connectivity index (χ3v) is 2.58. The molecule has 1 rings (SSSR count). The Balaban J connectivity index is 3.10. The summed E-state index contributed by atoms with van der Waals surface area (Å²) in [5, 5.41) is -0.0887. The average molecular weight is 182 g/mol. The van der Waals surface area contributed by atoms with E-state index in [1.165, 1.54) is 12.1 Å². The summed E-state index contributed by atoms with van der Waals surface area (Å²) in [5.41, 5.74) is 0.842. The minimum Gasteiger partial charge on any atom is -0.204 e. The minimum atomic E-state index is -0.782. The maximum atomic E-state index is 12.9. The van der Waals surface area contributed by atoms with Crippen molar-refractivity contribution in [3.8, 4) is 0 Å². The molecule has 0 N–H and O–H groups in total. The van der Waals surface area contributed by atoms with Gasteiger partial charge < -0.3 is 0 Å². The fraction of sp³-hybridized carbons (Fsp3) is 0.400. The molecule has 0 saturated carbocycles. The van der Waals surface area contributed by atoms with Gasteiger partial charge in [-0.1, -0.05) is 26.3 Å². The van der Waals surface area contributed by atoms with Gasteiger partial charge in [-0.2, -0.15) is 0 Å². The number of benzene rings is 1. The van der Waals surface area contributed by atoms with Crippen LogP contribution in [-0.4, -0.2) is 7.85 Å². The van der Waals surface area contributed by atoms with E-state index in [1.54, 1.807) is 6.07 Å². The molecule has 0 aliphatic carbocycles. The lowest BCUT2D eigenvalue weighted by molar-refractivity contribution is 0.503. The van der Waals surface area contributed by atoms with Gasteiger partial charge >= 0.3 is 0 Å². The van der Waals surface area contributed by atoms with E-state index in [4.69, 9.17) is 0 Å². The lowest BCUT2D eigenvalue weighted by Crippen LogP contribution is -2.20. The Hall–Kier alpha value is -0.855. The van der Waals surface area contributed by atoms with E-state index >= 15 is 0 Å². The Kier molecular flexibility index (Phi) is 2.74. The second-order valence-electron chi connectivity index (χ2n) is 3.87. The molecule has 0 aromatic heterocycles. The van der Waals surface area contributed by atoms with Crippen LogP contribution in [0, 0.1) is 11.6 Å². The molecule has 1 aromatic carbocycles. The second-order valence-corrected chi connectivity index (χ2v) is 3.87. The summed E-state index contributed by atoms with van der Waals surface area (Å²) < 4.78 is 25.5. The first-order chi connectivity index (χ1) is 5.97. The molecule has 0 bridgehead atoms. The zero-order chi connectivity index (χ0) is 10.1. The molecule has 3 heteroatoms. The molecule has 70 valence electrons. The second kappa shape index (κ2) is 3.48. The van der Waals surface area contributed by atoms with E-state index in [9.17, 15) is 8.78 Å². The van der Waals surface area contributed by atoms with E-state index in [-0.39, 0.29) is 5.31 Å². The van der Waals surface area contributed by atoms with Crippen molar-refractivity contribution in [1.82, 2.24) is 0 Å². The van der Waals surface area contributed by atoms with Crippen LogP contribution < -0.4 is 0 Å². The molecule has 0 aliphatic heterocycles. The van der Waals surface area contributed by atoms with Gasteiger partial charge in [0.05, 0.1) is 0 Å². The molecule has 0 heterocycles. The standard InChI is InChI=1S/C10H13BF2/c1-3-10(2,11)7-4-5-8(12)9(13)6-7/h4-6H,3,11H2,1-2H3. The molecule has 0 radical (unpaired) electrons. The molecule has 13 heavy (non-hydrogen) atoms. The van der Waals surface area contributed by atoms with Crippen LogP contribution in [0.3, 0.4) is 0 Å². The van der Waals surface area contributed by atoms with Crippen LogP contribution in [0.25, 0.3) is 0 Å². The zero-order valence-corrected chi connectivity index (χ0v) is 8.20. The van der Waals surface area contributed by atoms with Crippen LogP contribution in [-0.2, 0) is 5.31 Å².